The van der Waals surface area contributed by atoms with Crippen LogP contribution in [0.2, 0.25) is 0 Å². The molecule has 0 spiro atoms. The van der Waals surface area contributed by atoms with Crippen molar-refractivity contribution < 1.29 is 4.74 Å². The molecule has 0 unspecified atom stereocenters. The summed E-state index contributed by atoms with van der Waals surface area (Å²) in [4.78, 5) is 0. The number of nitrogens with one attached hydrogen (secondary N) is 1. The first kappa shape index (κ1) is 8.57. The van der Waals surface area contributed by atoms with E-state index in [-0.39, 0.29) is 0 Å². The van der Waals surface area contributed by atoms with Gasteiger partial charge in [-0.2, -0.15) is 0 Å². The Bertz CT molecular complexity index is 281. The van der Waals surface area contributed by atoms with E-state index in [9.17, 15) is 0 Å². The second-order valence-electron chi connectivity index (χ2n) is 3.54. The van der Waals surface area contributed by atoms with E-state index in [1.54, 1.807) is 7.11 Å². The molecule has 2 heteroatoms. The highest BCUT2D eigenvalue weighted by atomic mass is 16.5. The van der Waals surface area contributed by atoms with Gasteiger partial charge in [0.2, 0.25) is 0 Å². The van der Waals surface area contributed by atoms with Crippen LogP contribution in [0.15, 0.2) is 24.3 Å². The van der Waals surface area contributed by atoms with Gasteiger partial charge in [0.15, 0.2) is 0 Å². The fourth-order valence-corrected chi connectivity index (χ4v) is 1.68. The van der Waals surface area contributed by atoms with E-state index < -0.39 is 0 Å². The van der Waals surface area contributed by atoms with E-state index in [4.69, 9.17) is 4.74 Å². The van der Waals surface area contributed by atoms with Gasteiger partial charge < -0.3 is 10.1 Å². The van der Waals surface area contributed by atoms with Gasteiger partial charge in [-0.15, -0.1) is 0 Å². The molecule has 0 atom stereocenters. The van der Waals surface area contributed by atoms with Crippen LogP contribution in [0, 0.1) is 5.92 Å². The molecule has 13 heavy (non-hydrogen) atoms. The number of benzene rings is 1. The fourth-order valence-electron chi connectivity index (χ4n) is 1.68. The minimum atomic E-state index is 0.802. The van der Waals surface area contributed by atoms with Crippen molar-refractivity contribution in [3.05, 3.63) is 29.8 Å². The summed E-state index contributed by atoms with van der Waals surface area (Å²) in [5, 5.41) is 3.28. The maximum atomic E-state index is 5.29. The first-order valence-corrected chi connectivity index (χ1v) is 4.73. The Hall–Kier alpha value is -1.02. The molecule has 1 aliphatic heterocycles. The molecule has 0 bridgehead atoms. The second kappa shape index (κ2) is 3.79. The Morgan fingerprint density at radius 2 is 2.15 bits per heavy atom. The third kappa shape index (κ3) is 1.83. The maximum Gasteiger partial charge on any atom is 0.122 e. The molecule has 2 nitrogen and oxygen atoms in total. The highest BCUT2D eigenvalue weighted by Crippen LogP contribution is 2.22. The summed E-state index contributed by atoms with van der Waals surface area (Å²) in [5.74, 6) is 1.82. The summed E-state index contributed by atoms with van der Waals surface area (Å²) in [6.07, 6.45) is 1.14. The van der Waals surface area contributed by atoms with Crippen molar-refractivity contribution in [3.8, 4) is 5.75 Å². The summed E-state index contributed by atoms with van der Waals surface area (Å²) >= 11 is 0. The van der Waals surface area contributed by atoms with Gasteiger partial charge in [0.1, 0.15) is 5.75 Å². The van der Waals surface area contributed by atoms with Gasteiger partial charge in [-0.05, 0) is 37.1 Å². The van der Waals surface area contributed by atoms with E-state index in [0.717, 1.165) is 31.2 Å². The predicted octanol–water partition coefficient (Wildman–Crippen LogP) is 1.46. The van der Waals surface area contributed by atoms with Crippen molar-refractivity contribution in [1.82, 2.24) is 5.32 Å². The summed E-state index contributed by atoms with van der Waals surface area (Å²) in [6.45, 7) is 2.30. The topological polar surface area (TPSA) is 21.3 Å². The molecule has 1 heterocycles. The standard InChI is InChI=1S/C11H15NO/c1-13-11-5-3-2-4-10(11)6-9-7-12-8-9/h2-5,9,12H,6-8H2,1H3. The molecule has 0 saturated carbocycles. The van der Waals surface area contributed by atoms with E-state index in [2.05, 4.69) is 17.4 Å². The number of rotatable bonds is 3. The van der Waals surface area contributed by atoms with E-state index >= 15 is 0 Å². The van der Waals surface area contributed by atoms with Gasteiger partial charge in [-0.3, -0.25) is 0 Å². The number of para-hydroxylation sites is 1. The zero-order valence-corrected chi connectivity index (χ0v) is 7.92. The third-order valence-corrected chi connectivity index (χ3v) is 2.57. The molecule has 70 valence electrons. The van der Waals surface area contributed by atoms with Gasteiger partial charge in [0.05, 0.1) is 7.11 Å². The van der Waals surface area contributed by atoms with E-state index in [1.807, 2.05) is 12.1 Å². The van der Waals surface area contributed by atoms with Crippen molar-refractivity contribution in [3.63, 3.8) is 0 Å². The lowest BCUT2D eigenvalue weighted by Crippen LogP contribution is -2.43. The average Bonchev–Trinajstić information content (AvgIpc) is 2.12. The van der Waals surface area contributed by atoms with Crippen LogP contribution in [0.5, 0.6) is 5.75 Å². The summed E-state index contributed by atoms with van der Waals surface area (Å²) in [7, 11) is 1.73. The van der Waals surface area contributed by atoms with Crippen LogP contribution in [0.4, 0.5) is 0 Å². The predicted molar refractivity (Wildman–Crippen MR) is 53.1 cm³/mol. The third-order valence-electron chi connectivity index (χ3n) is 2.57. The normalized spacial score (nSPS) is 16.7. The van der Waals surface area contributed by atoms with Crippen molar-refractivity contribution in [2.75, 3.05) is 20.2 Å². The lowest BCUT2D eigenvalue weighted by Gasteiger charge is -2.27. The summed E-state index contributed by atoms with van der Waals surface area (Å²) < 4.78 is 5.29. The van der Waals surface area contributed by atoms with E-state index in [0.29, 0.717) is 0 Å². The first-order valence-electron chi connectivity index (χ1n) is 4.73. The molecule has 1 saturated heterocycles. The summed E-state index contributed by atoms with van der Waals surface area (Å²) in [6, 6.07) is 8.27. The summed E-state index contributed by atoms with van der Waals surface area (Å²) in [5.41, 5.74) is 1.33. The van der Waals surface area contributed by atoms with Crippen LogP contribution in [0.25, 0.3) is 0 Å². The van der Waals surface area contributed by atoms with Crippen molar-refractivity contribution in [2.45, 2.75) is 6.42 Å². The number of ether oxygens (including phenoxy) is 1. The van der Waals surface area contributed by atoms with Crippen LogP contribution in [0.1, 0.15) is 5.56 Å². The molecular weight excluding hydrogens is 162 g/mol. The smallest absolute Gasteiger partial charge is 0.122 e. The Kier molecular flexibility index (Phi) is 2.50. The van der Waals surface area contributed by atoms with Gasteiger partial charge in [-0.25, -0.2) is 0 Å². The maximum absolute atomic E-state index is 5.29. The minimum Gasteiger partial charge on any atom is -0.496 e. The van der Waals surface area contributed by atoms with E-state index in [1.165, 1.54) is 5.56 Å². The van der Waals surface area contributed by atoms with Crippen LogP contribution in [0.3, 0.4) is 0 Å². The molecule has 1 aromatic rings. The zero-order chi connectivity index (χ0) is 9.10. The molecule has 0 aliphatic carbocycles. The second-order valence-corrected chi connectivity index (χ2v) is 3.54. The van der Waals surface area contributed by atoms with Gasteiger partial charge in [0, 0.05) is 0 Å². The Morgan fingerprint density at radius 3 is 2.77 bits per heavy atom. The van der Waals surface area contributed by atoms with Crippen molar-refractivity contribution in [2.24, 2.45) is 5.92 Å². The number of hydrogen-bond donors (Lipinski definition) is 1. The average molecular weight is 177 g/mol. The van der Waals surface area contributed by atoms with Crippen LogP contribution in [-0.4, -0.2) is 20.2 Å². The fraction of sp³-hybridized carbons (Fsp3) is 0.455. The number of hydrogen-bond acceptors (Lipinski definition) is 2. The lowest BCUT2D eigenvalue weighted by molar-refractivity contribution is 0.338. The van der Waals surface area contributed by atoms with Crippen molar-refractivity contribution in [1.29, 1.82) is 0 Å². The highest BCUT2D eigenvalue weighted by Gasteiger charge is 2.18. The van der Waals surface area contributed by atoms with Gasteiger partial charge >= 0.3 is 0 Å². The van der Waals surface area contributed by atoms with Gasteiger partial charge in [-0.1, -0.05) is 18.2 Å². The first-order chi connectivity index (χ1) is 6.40. The molecule has 1 aliphatic rings. The molecule has 1 aromatic carbocycles. The largest absolute Gasteiger partial charge is 0.496 e. The minimum absolute atomic E-state index is 0.802. The Labute approximate surface area is 78.9 Å². The molecule has 2 rings (SSSR count). The lowest BCUT2D eigenvalue weighted by atomic mass is 9.94. The molecule has 0 amide bonds. The molecular formula is C11H15NO. The quantitative estimate of drug-likeness (QED) is 0.754. The van der Waals surface area contributed by atoms with Crippen LogP contribution >= 0.6 is 0 Å². The number of methoxy groups -OCH3 is 1. The molecule has 0 aromatic heterocycles. The monoisotopic (exact) mass is 177 g/mol. The molecule has 1 N–H and O–H groups in total. The Balaban J connectivity index is 2.08. The SMILES string of the molecule is COc1ccccc1CC1CNC1. The molecule has 0 radical (unpaired) electrons. The van der Waals surface area contributed by atoms with Crippen LogP contribution in [-0.2, 0) is 6.42 Å². The zero-order valence-electron chi connectivity index (χ0n) is 7.92. The molecule has 1 fully saturated rings. The van der Waals surface area contributed by atoms with Crippen molar-refractivity contribution >= 4 is 0 Å². The highest BCUT2D eigenvalue weighted by molar-refractivity contribution is 5.33. The van der Waals surface area contributed by atoms with Crippen LogP contribution < -0.4 is 10.1 Å². The Morgan fingerprint density at radius 1 is 1.38 bits per heavy atom. The van der Waals surface area contributed by atoms with Gasteiger partial charge in [0.25, 0.3) is 0 Å².